The van der Waals surface area contributed by atoms with E-state index in [2.05, 4.69) is 12.1 Å². The molecule has 1 saturated heterocycles. The number of aryl methyl sites for hydroxylation is 2. The molecule has 2 heterocycles. The van der Waals surface area contributed by atoms with Crippen molar-refractivity contribution >= 4 is 5.91 Å². The van der Waals surface area contributed by atoms with Crippen LogP contribution in [0.4, 0.5) is 0 Å². The van der Waals surface area contributed by atoms with Crippen molar-refractivity contribution in [3.05, 3.63) is 47.3 Å². The molecule has 0 bridgehead atoms. The fourth-order valence-corrected chi connectivity index (χ4v) is 3.41. The number of aromatic nitrogens is 1. The van der Waals surface area contributed by atoms with Gasteiger partial charge >= 0.3 is 0 Å². The summed E-state index contributed by atoms with van der Waals surface area (Å²) >= 11 is 0. The van der Waals surface area contributed by atoms with Crippen molar-refractivity contribution < 1.29 is 14.1 Å². The minimum Gasteiger partial charge on any atom is -0.497 e. The lowest BCUT2D eigenvalue weighted by atomic mass is 10.1. The smallest absolute Gasteiger partial charge is 0.223 e. The van der Waals surface area contributed by atoms with Gasteiger partial charge in [0.1, 0.15) is 17.2 Å². The summed E-state index contributed by atoms with van der Waals surface area (Å²) in [5, 5.41) is 4.20. The molecule has 1 aromatic carbocycles. The SMILES string of the molecule is CCCc1cc([C@@H]2CCCN2C(=O)CCc2ccc(OC)cc2)no1. The number of hydrogen-bond donors (Lipinski definition) is 0. The third-order valence-electron chi connectivity index (χ3n) is 4.77. The van der Waals surface area contributed by atoms with E-state index in [9.17, 15) is 4.79 Å². The van der Waals surface area contributed by atoms with Crippen LogP contribution in [0.2, 0.25) is 0 Å². The molecule has 0 unspecified atom stereocenters. The number of carbonyl (C=O) groups is 1. The van der Waals surface area contributed by atoms with Crippen LogP contribution < -0.4 is 4.74 Å². The van der Waals surface area contributed by atoms with Gasteiger partial charge in [-0.25, -0.2) is 0 Å². The third-order valence-corrected chi connectivity index (χ3v) is 4.77. The standard InChI is InChI=1S/C20H26N2O3/c1-3-5-17-14-18(21-25-17)19-6-4-13-22(19)20(23)12-9-15-7-10-16(24-2)11-8-15/h7-8,10-11,14,19H,3-6,9,12-13H2,1-2H3/t19-/m0/s1. The number of carbonyl (C=O) groups excluding carboxylic acids is 1. The first-order chi connectivity index (χ1) is 12.2. The Morgan fingerprint density at radius 1 is 1.32 bits per heavy atom. The van der Waals surface area contributed by atoms with Crippen LogP contribution in [0.3, 0.4) is 0 Å². The highest BCUT2D eigenvalue weighted by atomic mass is 16.5. The molecule has 1 aromatic heterocycles. The van der Waals surface area contributed by atoms with E-state index in [1.807, 2.05) is 35.2 Å². The van der Waals surface area contributed by atoms with E-state index in [1.165, 1.54) is 0 Å². The second-order valence-corrected chi connectivity index (χ2v) is 6.56. The number of nitrogens with zero attached hydrogens (tertiary/aromatic N) is 2. The van der Waals surface area contributed by atoms with E-state index in [1.54, 1.807) is 7.11 Å². The number of ether oxygens (including phenoxy) is 1. The lowest BCUT2D eigenvalue weighted by Crippen LogP contribution is -2.30. The number of amides is 1. The van der Waals surface area contributed by atoms with Gasteiger partial charge in [0.2, 0.25) is 5.91 Å². The summed E-state index contributed by atoms with van der Waals surface area (Å²) in [6.07, 6.45) is 5.17. The van der Waals surface area contributed by atoms with Gasteiger partial charge in [0.05, 0.1) is 13.2 Å². The van der Waals surface area contributed by atoms with Crippen LogP contribution in [0.15, 0.2) is 34.9 Å². The molecule has 3 rings (SSSR count). The Morgan fingerprint density at radius 3 is 2.84 bits per heavy atom. The molecule has 1 atom stereocenters. The average molecular weight is 342 g/mol. The number of methoxy groups -OCH3 is 1. The van der Waals surface area contributed by atoms with Crippen molar-refractivity contribution in [3.8, 4) is 5.75 Å². The molecule has 0 N–H and O–H groups in total. The van der Waals surface area contributed by atoms with Gasteiger partial charge in [-0.15, -0.1) is 0 Å². The second-order valence-electron chi connectivity index (χ2n) is 6.56. The molecular weight excluding hydrogens is 316 g/mol. The van der Waals surface area contributed by atoms with Crippen molar-refractivity contribution in [1.29, 1.82) is 0 Å². The normalized spacial score (nSPS) is 17.0. The van der Waals surface area contributed by atoms with Crippen LogP contribution in [0, 0.1) is 0 Å². The summed E-state index contributed by atoms with van der Waals surface area (Å²) in [5.74, 6) is 1.94. The number of rotatable bonds is 7. The van der Waals surface area contributed by atoms with Gasteiger partial charge in [0.15, 0.2) is 0 Å². The van der Waals surface area contributed by atoms with Gasteiger partial charge in [0.25, 0.3) is 0 Å². The Balaban J connectivity index is 1.59. The molecule has 2 aromatic rings. The molecule has 0 spiro atoms. The van der Waals surface area contributed by atoms with Gasteiger partial charge < -0.3 is 14.2 Å². The fourth-order valence-electron chi connectivity index (χ4n) is 3.41. The van der Waals surface area contributed by atoms with Gasteiger partial charge in [0, 0.05) is 25.5 Å². The maximum Gasteiger partial charge on any atom is 0.223 e. The molecule has 25 heavy (non-hydrogen) atoms. The molecule has 0 aliphatic carbocycles. The largest absolute Gasteiger partial charge is 0.497 e. The van der Waals surface area contributed by atoms with Crippen molar-refractivity contribution in [1.82, 2.24) is 10.1 Å². The van der Waals surface area contributed by atoms with Crippen LogP contribution in [-0.2, 0) is 17.6 Å². The summed E-state index contributed by atoms with van der Waals surface area (Å²) in [5.41, 5.74) is 2.05. The zero-order valence-corrected chi connectivity index (χ0v) is 15.0. The maximum atomic E-state index is 12.7. The second kappa shape index (κ2) is 8.19. The lowest BCUT2D eigenvalue weighted by molar-refractivity contribution is -0.132. The van der Waals surface area contributed by atoms with E-state index in [0.717, 1.165) is 61.4 Å². The molecule has 1 aliphatic heterocycles. The molecule has 134 valence electrons. The molecule has 1 aliphatic rings. The molecule has 0 radical (unpaired) electrons. The summed E-state index contributed by atoms with van der Waals surface area (Å²) in [7, 11) is 1.65. The van der Waals surface area contributed by atoms with Crippen LogP contribution >= 0.6 is 0 Å². The number of likely N-dealkylation sites (tertiary alicyclic amines) is 1. The highest BCUT2D eigenvalue weighted by molar-refractivity contribution is 5.77. The Hall–Kier alpha value is -2.30. The summed E-state index contributed by atoms with van der Waals surface area (Å²) in [6, 6.07) is 9.98. The fraction of sp³-hybridized carbons (Fsp3) is 0.500. The molecule has 1 amide bonds. The minimum atomic E-state index is 0.0673. The van der Waals surface area contributed by atoms with Crippen LogP contribution in [0.1, 0.15) is 55.7 Å². The first-order valence-electron chi connectivity index (χ1n) is 9.09. The Kier molecular flexibility index (Phi) is 5.74. The van der Waals surface area contributed by atoms with E-state index >= 15 is 0 Å². The highest BCUT2D eigenvalue weighted by Crippen LogP contribution is 2.32. The van der Waals surface area contributed by atoms with E-state index in [4.69, 9.17) is 9.26 Å². The minimum absolute atomic E-state index is 0.0673. The Bertz CT molecular complexity index is 693. The van der Waals surface area contributed by atoms with Crippen molar-refractivity contribution in [2.75, 3.05) is 13.7 Å². The van der Waals surface area contributed by atoms with Crippen molar-refractivity contribution in [2.24, 2.45) is 0 Å². The maximum absolute atomic E-state index is 12.7. The van der Waals surface area contributed by atoms with E-state index in [0.29, 0.717) is 6.42 Å². The average Bonchev–Trinajstić information content (AvgIpc) is 3.29. The molecule has 5 nitrogen and oxygen atoms in total. The number of hydrogen-bond acceptors (Lipinski definition) is 4. The molecular formula is C20H26N2O3. The summed E-state index contributed by atoms with van der Waals surface area (Å²) < 4.78 is 10.6. The van der Waals surface area contributed by atoms with Gasteiger partial charge in [-0.1, -0.05) is 24.2 Å². The zero-order valence-electron chi connectivity index (χ0n) is 15.0. The Morgan fingerprint density at radius 2 is 2.12 bits per heavy atom. The van der Waals surface area contributed by atoms with Crippen molar-refractivity contribution in [2.45, 2.75) is 51.5 Å². The quantitative estimate of drug-likeness (QED) is 0.765. The molecule has 5 heteroatoms. The monoisotopic (exact) mass is 342 g/mol. The molecule has 1 fully saturated rings. The first-order valence-corrected chi connectivity index (χ1v) is 9.09. The summed E-state index contributed by atoms with van der Waals surface area (Å²) in [4.78, 5) is 14.7. The predicted molar refractivity (Wildman–Crippen MR) is 95.5 cm³/mol. The van der Waals surface area contributed by atoms with Gasteiger partial charge in [-0.2, -0.15) is 0 Å². The predicted octanol–water partition coefficient (Wildman–Crippen LogP) is 3.93. The lowest BCUT2D eigenvalue weighted by Gasteiger charge is -2.23. The van der Waals surface area contributed by atoms with E-state index < -0.39 is 0 Å². The first kappa shape index (κ1) is 17.5. The van der Waals surface area contributed by atoms with Crippen molar-refractivity contribution in [3.63, 3.8) is 0 Å². The highest BCUT2D eigenvalue weighted by Gasteiger charge is 2.31. The van der Waals surface area contributed by atoms with Gasteiger partial charge in [-0.05, 0) is 43.4 Å². The van der Waals surface area contributed by atoms with Crippen LogP contribution in [0.25, 0.3) is 0 Å². The van der Waals surface area contributed by atoms with Gasteiger partial charge in [-0.3, -0.25) is 4.79 Å². The number of benzene rings is 1. The zero-order chi connectivity index (χ0) is 17.6. The third kappa shape index (κ3) is 4.21. The molecule has 0 saturated carbocycles. The van der Waals surface area contributed by atoms with E-state index in [-0.39, 0.29) is 11.9 Å². The topological polar surface area (TPSA) is 55.6 Å². The van der Waals surface area contributed by atoms with Crippen LogP contribution in [-0.4, -0.2) is 29.6 Å². The summed E-state index contributed by atoms with van der Waals surface area (Å²) in [6.45, 7) is 2.93. The Labute approximate surface area is 148 Å². The van der Waals surface area contributed by atoms with Crippen LogP contribution in [0.5, 0.6) is 5.75 Å².